The Bertz CT molecular complexity index is 656. The molecule has 1 aliphatic carbocycles. The van der Waals surface area contributed by atoms with Crippen molar-refractivity contribution in [3.8, 4) is 5.75 Å². The zero-order chi connectivity index (χ0) is 16.8. The highest BCUT2D eigenvalue weighted by atomic mass is 32.1. The predicted molar refractivity (Wildman–Crippen MR) is 96.8 cm³/mol. The molecule has 1 heterocycles. The summed E-state index contributed by atoms with van der Waals surface area (Å²) in [7, 11) is 1.65. The largest absolute Gasteiger partial charge is 0.497 e. The number of amides is 1. The average molecular weight is 344 g/mol. The SMILES string of the molecule is COc1ccc(CCC(=O)NCCc2nc3c(s2)CCCC3)cc1. The first-order valence-corrected chi connectivity index (χ1v) is 9.43. The van der Waals surface area contributed by atoms with Crippen LogP contribution >= 0.6 is 11.3 Å². The van der Waals surface area contributed by atoms with Gasteiger partial charge < -0.3 is 10.1 Å². The van der Waals surface area contributed by atoms with Crippen LogP contribution in [0.2, 0.25) is 0 Å². The zero-order valence-corrected chi connectivity index (χ0v) is 15.0. The predicted octanol–water partition coefficient (Wildman–Crippen LogP) is 3.32. The molecule has 0 spiro atoms. The van der Waals surface area contributed by atoms with Crippen molar-refractivity contribution in [3.05, 3.63) is 45.4 Å². The number of nitrogens with zero attached hydrogens (tertiary/aromatic N) is 1. The van der Waals surface area contributed by atoms with Gasteiger partial charge >= 0.3 is 0 Å². The number of hydrogen-bond donors (Lipinski definition) is 1. The molecule has 0 atom stereocenters. The summed E-state index contributed by atoms with van der Waals surface area (Å²) in [5, 5.41) is 4.17. The van der Waals surface area contributed by atoms with Crippen molar-refractivity contribution in [1.82, 2.24) is 10.3 Å². The minimum absolute atomic E-state index is 0.104. The lowest BCUT2D eigenvalue weighted by atomic mass is 10.0. The standard InChI is InChI=1S/C19H24N2O2S/c1-23-15-9-6-14(7-10-15)8-11-18(22)20-13-12-19-21-16-4-2-3-5-17(16)24-19/h6-7,9-10H,2-5,8,11-13H2,1H3,(H,20,22). The zero-order valence-electron chi connectivity index (χ0n) is 14.1. The number of methoxy groups -OCH3 is 1. The van der Waals surface area contributed by atoms with Gasteiger partial charge in [-0.25, -0.2) is 4.98 Å². The molecule has 2 aromatic rings. The van der Waals surface area contributed by atoms with Crippen molar-refractivity contribution in [2.24, 2.45) is 0 Å². The fourth-order valence-corrected chi connectivity index (χ4v) is 4.12. The second-order valence-electron chi connectivity index (χ2n) is 6.13. The first-order valence-electron chi connectivity index (χ1n) is 8.61. The molecule has 0 saturated heterocycles. The summed E-state index contributed by atoms with van der Waals surface area (Å²) in [6, 6.07) is 7.87. The fourth-order valence-electron chi connectivity index (χ4n) is 2.96. The van der Waals surface area contributed by atoms with Crippen molar-refractivity contribution in [2.75, 3.05) is 13.7 Å². The van der Waals surface area contributed by atoms with Gasteiger partial charge in [-0.3, -0.25) is 4.79 Å². The summed E-state index contributed by atoms with van der Waals surface area (Å²) in [6.07, 6.45) is 6.96. The fraction of sp³-hybridized carbons (Fsp3) is 0.474. The molecule has 4 nitrogen and oxygen atoms in total. The van der Waals surface area contributed by atoms with E-state index >= 15 is 0 Å². The van der Waals surface area contributed by atoms with Crippen LogP contribution in [0.4, 0.5) is 0 Å². The third-order valence-electron chi connectivity index (χ3n) is 4.35. The van der Waals surface area contributed by atoms with Gasteiger partial charge in [-0.15, -0.1) is 11.3 Å². The van der Waals surface area contributed by atoms with Gasteiger partial charge in [0.05, 0.1) is 17.8 Å². The summed E-state index contributed by atoms with van der Waals surface area (Å²) in [5.41, 5.74) is 2.45. The molecule has 0 bridgehead atoms. The van der Waals surface area contributed by atoms with Crippen LogP contribution in [0.1, 0.15) is 40.4 Å². The number of ether oxygens (including phenoxy) is 1. The number of benzene rings is 1. The molecule has 0 aliphatic heterocycles. The number of fused-ring (bicyclic) bond motifs is 1. The molecular weight excluding hydrogens is 320 g/mol. The van der Waals surface area contributed by atoms with Gasteiger partial charge in [0, 0.05) is 24.3 Å². The van der Waals surface area contributed by atoms with E-state index in [0.29, 0.717) is 13.0 Å². The molecule has 5 heteroatoms. The number of carbonyl (C=O) groups is 1. The normalized spacial score (nSPS) is 13.4. The number of aromatic nitrogens is 1. The lowest BCUT2D eigenvalue weighted by Gasteiger charge is -2.06. The van der Waals surface area contributed by atoms with Gasteiger partial charge in [-0.05, 0) is 49.8 Å². The van der Waals surface area contributed by atoms with Gasteiger partial charge in [0.2, 0.25) is 5.91 Å². The van der Waals surface area contributed by atoms with Crippen LogP contribution in [-0.2, 0) is 30.5 Å². The number of aryl methyl sites for hydroxylation is 3. The third kappa shape index (κ3) is 4.57. The van der Waals surface area contributed by atoms with Crippen LogP contribution in [0.15, 0.2) is 24.3 Å². The van der Waals surface area contributed by atoms with E-state index in [0.717, 1.165) is 35.6 Å². The highest BCUT2D eigenvalue weighted by Crippen LogP contribution is 2.26. The molecule has 1 aromatic carbocycles. The quantitative estimate of drug-likeness (QED) is 0.838. The van der Waals surface area contributed by atoms with E-state index in [1.807, 2.05) is 35.6 Å². The molecule has 0 unspecified atom stereocenters. The third-order valence-corrected chi connectivity index (χ3v) is 5.57. The molecule has 3 rings (SSSR count). The van der Waals surface area contributed by atoms with E-state index in [-0.39, 0.29) is 5.91 Å². The molecule has 128 valence electrons. The summed E-state index contributed by atoms with van der Waals surface area (Å²) in [6.45, 7) is 0.674. The Hall–Kier alpha value is -1.88. The van der Waals surface area contributed by atoms with Crippen molar-refractivity contribution in [2.45, 2.75) is 44.9 Å². The highest BCUT2D eigenvalue weighted by Gasteiger charge is 2.14. The number of hydrogen-bond acceptors (Lipinski definition) is 4. The Labute approximate surface area is 147 Å². The van der Waals surface area contributed by atoms with Crippen molar-refractivity contribution in [3.63, 3.8) is 0 Å². The molecule has 1 aromatic heterocycles. The van der Waals surface area contributed by atoms with Crippen molar-refractivity contribution in [1.29, 1.82) is 0 Å². The maximum Gasteiger partial charge on any atom is 0.220 e. The molecule has 1 aliphatic rings. The van der Waals surface area contributed by atoms with E-state index in [1.54, 1.807) is 7.11 Å². The van der Waals surface area contributed by atoms with Crippen LogP contribution in [0.3, 0.4) is 0 Å². The van der Waals surface area contributed by atoms with Crippen molar-refractivity contribution < 1.29 is 9.53 Å². The van der Waals surface area contributed by atoms with Crippen LogP contribution in [0.5, 0.6) is 5.75 Å². The molecule has 0 radical (unpaired) electrons. The van der Waals surface area contributed by atoms with Gasteiger partial charge in [-0.2, -0.15) is 0 Å². The van der Waals surface area contributed by atoms with E-state index < -0.39 is 0 Å². The lowest BCUT2D eigenvalue weighted by Crippen LogP contribution is -2.25. The molecule has 0 fully saturated rings. The lowest BCUT2D eigenvalue weighted by molar-refractivity contribution is -0.121. The van der Waals surface area contributed by atoms with Crippen LogP contribution in [-0.4, -0.2) is 24.5 Å². The first kappa shape index (κ1) is 17.0. The number of nitrogens with one attached hydrogen (secondary N) is 1. The Morgan fingerprint density at radius 3 is 2.75 bits per heavy atom. The number of rotatable bonds is 7. The second-order valence-corrected chi connectivity index (χ2v) is 7.30. The summed E-state index contributed by atoms with van der Waals surface area (Å²) < 4.78 is 5.14. The maximum atomic E-state index is 12.0. The Balaban J connectivity index is 1.38. The van der Waals surface area contributed by atoms with Crippen molar-refractivity contribution >= 4 is 17.2 Å². The Morgan fingerprint density at radius 1 is 1.21 bits per heavy atom. The van der Waals surface area contributed by atoms with E-state index in [4.69, 9.17) is 9.72 Å². The molecule has 1 amide bonds. The Kier molecular flexibility index (Phi) is 5.86. The number of carbonyl (C=O) groups excluding carboxylic acids is 1. The highest BCUT2D eigenvalue weighted by molar-refractivity contribution is 7.11. The maximum absolute atomic E-state index is 12.0. The van der Waals surface area contributed by atoms with E-state index in [9.17, 15) is 4.79 Å². The smallest absolute Gasteiger partial charge is 0.220 e. The van der Waals surface area contributed by atoms with Crippen LogP contribution in [0.25, 0.3) is 0 Å². The van der Waals surface area contributed by atoms with E-state index in [1.165, 1.54) is 29.8 Å². The molecular formula is C19H24N2O2S. The summed E-state index contributed by atoms with van der Waals surface area (Å²) in [5.74, 6) is 0.946. The average Bonchev–Trinajstić information content (AvgIpc) is 3.03. The molecule has 0 saturated carbocycles. The van der Waals surface area contributed by atoms with Crippen LogP contribution < -0.4 is 10.1 Å². The minimum atomic E-state index is 0.104. The minimum Gasteiger partial charge on any atom is -0.497 e. The van der Waals surface area contributed by atoms with Gasteiger partial charge in [-0.1, -0.05) is 12.1 Å². The number of thiazole rings is 1. The van der Waals surface area contributed by atoms with E-state index in [2.05, 4.69) is 5.32 Å². The van der Waals surface area contributed by atoms with Gasteiger partial charge in [0.15, 0.2) is 0 Å². The first-order chi connectivity index (χ1) is 11.7. The van der Waals surface area contributed by atoms with Gasteiger partial charge in [0.1, 0.15) is 5.75 Å². The van der Waals surface area contributed by atoms with Crippen LogP contribution in [0, 0.1) is 0 Å². The van der Waals surface area contributed by atoms with Gasteiger partial charge in [0.25, 0.3) is 0 Å². The topological polar surface area (TPSA) is 51.2 Å². The second kappa shape index (κ2) is 8.29. The Morgan fingerprint density at radius 2 is 2.00 bits per heavy atom. The monoisotopic (exact) mass is 344 g/mol. The summed E-state index contributed by atoms with van der Waals surface area (Å²) >= 11 is 1.83. The molecule has 1 N–H and O–H groups in total. The molecule has 24 heavy (non-hydrogen) atoms. The summed E-state index contributed by atoms with van der Waals surface area (Å²) in [4.78, 5) is 18.1.